The molecule has 0 amide bonds. The van der Waals surface area contributed by atoms with Gasteiger partial charge in [0, 0.05) is 11.6 Å². The normalized spacial score (nSPS) is 14.2. The Morgan fingerprint density at radius 2 is 1.74 bits per heavy atom. The summed E-state index contributed by atoms with van der Waals surface area (Å²) in [5, 5.41) is 9.85. The molecule has 4 aromatic carbocycles. The van der Waals surface area contributed by atoms with Crippen LogP contribution in [0.15, 0.2) is 102 Å². The molecule has 1 unspecified atom stereocenters. The van der Waals surface area contributed by atoms with Crippen LogP contribution >= 0.6 is 0 Å². The molecule has 0 spiro atoms. The number of hydrogen-bond donors (Lipinski definition) is 1. The monoisotopic (exact) mass is 510 g/mol. The van der Waals surface area contributed by atoms with E-state index in [0.717, 1.165) is 11.1 Å². The van der Waals surface area contributed by atoms with E-state index in [1.54, 1.807) is 42.5 Å². The lowest BCUT2D eigenvalue weighted by molar-refractivity contribution is 0.0729. The maximum atomic E-state index is 14.0. The number of allylic oxidation sites excluding steroid dienone is 1. The van der Waals surface area contributed by atoms with Crippen molar-refractivity contribution >= 4 is 5.97 Å². The number of nitrogens with zero attached hydrogens (tertiary/aromatic N) is 1. The van der Waals surface area contributed by atoms with Crippen LogP contribution in [0.3, 0.4) is 0 Å². The lowest BCUT2D eigenvalue weighted by Gasteiger charge is -2.27. The largest absolute Gasteiger partial charge is 0.489 e. The maximum Gasteiger partial charge on any atom is 0.346 e. The van der Waals surface area contributed by atoms with E-state index in [1.165, 1.54) is 42.5 Å². The third-order valence-electron chi connectivity index (χ3n) is 6.01. The predicted molar refractivity (Wildman–Crippen MR) is 134 cm³/mol. The summed E-state index contributed by atoms with van der Waals surface area (Å²) in [6.07, 6.45) is 0. The van der Waals surface area contributed by atoms with E-state index in [9.17, 15) is 18.8 Å². The van der Waals surface area contributed by atoms with Gasteiger partial charge in [-0.15, -0.1) is 0 Å². The number of nitrogens with two attached hydrogens (primary N) is 1. The fourth-order valence-electron chi connectivity index (χ4n) is 4.16. The zero-order valence-electron chi connectivity index (χ0n) is 19.9. The average molecular weight is 510 g/mol. The molecule has 4 aromatic rings. The van der Waals surface area contributed by atoms with Gasteiger partial charge in [0.25, 0.3) is 0 Å². The van der Waals surface area contributed by atoms with Gasteiger partial charge in [-0.2, -0.15) is 5.26 Å². The lowest BCUT2D eigenvalue weighted by atomic mass is 9.83. The summed E-state index contributed by atoms with van der Waals surface area (Å²) in [4.78, 5) is 12.5. The lowest BCUT2D eigenvalue weighted by Crippen LogP contribution is -2.21. The predicted octanol–water partition coefficient (Wildman–Crippen LogP) is 5.98. The van der Waals surface area contributed by atoms with E-state index in [1.807, 2.05) is 6.07 Å². The van der Waals surface area contributed by atoms with Crippen molar-refractivity contribution in [3.05, 3.63) is 136 Å². The Hall–Kier alpha value is -5.16. The van der Waals surface area contributed by atoms with Gasteiger partial charge in [0.05, 0.1) is 11.5 Å². The van der Waals surface area contributed by atoms with Crippen molar-refractivity contribution in [2.75, 3.05) is 0 Å². The molecule has 2 N–H and O–H groups in total. The summed E-state index contributed by atoms with van der Waals surface area (Å²) in [7, 11) is 0. The van der Waals surface area contributed by atoms with Crippen molar-refractivity contribution in [1.29, 1.82) is 5.26 Å². The Bertz CT molecular complexity index is 1590. The summed E-state index contributed by atoms with van der Waals surface area (Å²) in [5.74, 6) is -1.57. The molecule has 1 heterocycles. The van der Waals surface area contributed by atoms with Crippen molar-refractivity contribution in [3.8, 4) is 23.3 Å². The van der Waals surface area contributed by atoms with Gasteiger partial charge in [0.2, 0.25) is 5.88 Å². The number of ether oxygens (including phenoxy) is 3. The SMILES string of the molecule is N#CC1=C(N)Oc2cc(OC(=O)c3ccccc3F)ccc2C1c1cccc(OCc2ccc(F)cc2)c1. The molecule has 8 heteroatoms. The zero-order valence-corrected chi connectivity index (χ0v) is 19.9. The second-order valence-electron chi connectivity index (χ2n) is 8.48. The summed E-state index contributed by atoms with van der Waals surface area (Å²) in [6, 6.07) is 25.5. The Kier molecular flexibility index (Phi) is 6.74. The maximum absolute atomic E-state index is 14.0. The molecular weight excluding hydrogens is 490 g/mol. The van der Waals surface area contributed by atoms with Gasteiger partial charge in [0.15, 0.2) is 0 Å². The summed E-state index contributed by atoms with van der Waals surface area (Å²) in [5.41, 5.74) is 8.25. The quantitative estimate of drug-likeness (QED) is 0.253. The molecule has 0 saturated heterocycles. The first-order valence-corrected chi connectivity index (χ1v) is 11.6. The third-order valence-corrected chi connectivity index (χ3v) is 6.01. The standard InChI is InChI=1S/C30H20F2N2O4/c31-20-10-8-18(9-11-20)17-36-21-5-3-4-19(14-21)28-24-13-12-22(15-27(24)38-29(34)25(28)16-33)37-30(35)23-6-1-2-7-26(23)32/h1-15,28H,17,34H2. The van der Waals surface area contributed by atoms with Crippen LogP contribution in [0.5, 0.6) is 17.2 Å². The summed E-state index contributed by atoms with van der Waals surface area (Å²) < 4.78 is 44.1. The molecule has 0 bridgehead atoms. The van der Waals surface area contributed by atoms with Crippen LogP contribution in [0.1, 0.15) is 33.0 Å². The minimum absolute atomic E-state index is 0.0831. The molecule has 1 atom stereocenters. The molecule has 0 radical (unpaired) electrons. The second-order valence-corrected chi connectivity index (χ2v) is 8.48. The van der Waals surface area contributed by atoms with Crippen LogP contribution in [-0.4, -0.2) is 5.97 Å². The number of nitriles is 1. The number of fused-ring (bicyclic) bond motifs is 1. The van der Waals surface area contributed by atoms with Gasteiger partial charge in [-0.3, -0.25) is 0 Å². The van der Waals surface area contributed by atoms with E-state index >= 15 is 0 Å². The zero-order chi connectivity index (χ0) is 26.6. The first kappa shape index (κ1) is 24.5. The van der Waals surface area contributed by atoms with Crippen molar-refractivity contribution < 1.29 is 27.8 Å². The molecule has 5 rings (SSSR count). The molecule has 0 aromatic heterocycles. The molecule has 38 heavy (non-hydrogen) atoms. The third kappa shape index (κ3) is 5.04. The van der Waals surface area contributed by atoms with E-state index in [0.29, 0.717) is 17.1 Å². The average Bonchev–Trinajstić information content (AvgIpc) is 2.92. The highest BCUT2D eigenvalue weighted by Crippen LogP contribution is 2.44. The molecule has 188 valence electrons. The van der Waals surface area contributed by atoms with Crippen molar-refractivity contribution in [2.24, 2.45) is 5.73 Å². The number of hydrogen-bond acceptors (Lipinski definition) is 6. The van der Waals surface area contributed by atoms with Crippen molar-refractivity contribution in [3.63, 3.8) is 0 Å². The van der Waals surface area contributed by atoms with Crippen LogP contribution in [0, 0.1) is 23.0 Å². The van der Waals surface area contributed by atoms with E-state index in [-0.39, 0.29) is 35.2 Å². The summed E-state index contributed by atoms with van der Waals surface area (Å²) in [6.45, 7) is 0.230. The Balaban J connectivity index is 1.42. The van der Waals surface area contributed by atoms with Gasteiger partial charge in [-0.25, -0.2) is 13.6 Å². The highest BCUT2D eigenvalue weighted by Gasteiger charge is 2.31. The topological polar surface area (TPSA) is 94.6 Å². The molecule has 0 saturated carbocycles. The molecule has 1 aliphatic heterocycles. The number of carbonyl (C=O) groups is 1. The molecule has 0 aliphatic carbocycles. The van der Waals surface area contributed by atoms with Crippen molar-refractivity contribution in [2.45, 2.75) is 12.5 Å². The fourth-order valence-corrected chi connectivity index (χ4v) is 4.16. The van der Waals surface area contributed by atoms with Gasteiger partial charge >= 0.3 is 5.97 Å². The second kappa shape index (κ2) is 10.4. The molecule has 6 nitrogen and oxygen atoms in total. The Morgan fingerprint density at radius 1 is 0.947 bits per heavy atom. The van der Waals surface area contributed by atoms with Gasteiger partial charge in [-0.1, -0.05) is 42.5 Å². The fraction of sp³-hybridized carbons (Fsp3) is 0.0667. The highest BCUT2D eigenvalue weighted by atomic mass is 19.1. The van der Waals surface area contributed by atoms with Crippen LogP contribution < -0.4 is 19.9 Å². The van der Waals surface area contributed by atoms with Crippen LogP contribution in [0.25, 0.3) is 0 Å². The van der Waals surface area contributed by atoms with E-state index in [2.05, 4.69) is 6.07 Å². The van der Waals surface area contributed by atoms with Crippen LogP contribution in [0.2, 0.25) is 0 Å². The number of rotatable bonds is 6. The molecular formula is C30H20F2N2O4. The van der Waals surface area contributed by atoms with Crippen molar-refractivity contribution in [1.82, 2.24) is 0 Å². The Labute approximate surface area is 217 Å². The van der Waals surface area contributed by atoms with Gasteiger partial charge in [0.1, 0.15) is 47.1 Å². The smallest absolute Gasteiger partial charge is 0.346 e. The van der Waals surface area contributed by atoms with E-state index < -0.39 is 17.7 Å². The van der Waals surface area contributed by atoms with Gasteiger partial charge in [-0.05, 0) is 53.6 Å². The first-order valence-electron chi connectivity index (χ1n) is 11.6. The number of esters is 1. The highest BCUT2D eigenvalue weighted by molar-refractivity contribution is 5.91. The molecule has 1 aliphatic rings. The Morgan fingerprint density at radius 3 is 2.50 bits per heavy atom. The van der Waals surface area contributed by atoms with E-state index in [4.69, 9.17) is 19.9 Å². The number of carbonyl (C=O) groups excluding carboxylic acids is 1. The van der Waals surface area contributed by atoms with Crippen LogP contribution in [0.4, 0.5) is 8.78 Å². The minimum atomic E-state index is -0.859. The van der Waals surface area contributed by atoms with Crippen LogP contribution in [-0.2, 0) is 6.61 Å². The number of benzene rings is 4. The summed E-state index contributed by atoms with van der Waals surface area (Å²) >= 11 is 0. The minimum Gasteiger partial charge on any atom is -0.489 e. The first-order chi connectivity index (χ1) is 18.4. The molecule has 0 fully saturated rings. The van der Waals surface area contributed by atoms with Gasteiger partial charge < -0.3 is 19.9 Å². The number of halogens is 2.